The zero-order chi connectivity index (χ0) is 16.1. The Kier molecular flexibility index (Phi) is 4.94. The van der Waals surface area contributed by atoms with E-state index in [2.05, 4.69) is 86.1 Å². The highest BCUT2D eigenvalue weighted by Crippen LogP contribution is 2.24. The Balaban J connectivity index is 1.87. The van der Waals surface area contributed by atoms with Crippen LogP contribution in [0.3, 0.4) is 0 Å². The van der Waals surface area contributed by atoms with Gasteiger partial charge in [-0.2, -0.15) is 0 Å². The molecular formula is C21H24NS+. The molecule has 0 aliphatic rings. The Labute approximate surface area is 143 Å². The van der Waals surface area contributed by atoms with Gasteiger partial charge in [0.25, 0.3) is 0 Å². The van der Waals surface area contributed by atoms with Gasteiger partial charge in [0.05, 0.1) is 11.9 Å². The molecule has 23 heavy (non-hydrogen) atoms. The lowest BCUT2D eigenvalue weighted by Gasteiger charge is -2.35. The summed E-state index contributed by atoms with van der Waals surface area (Å²) in [6.45, 7) is 5.39. The van der Waals surface area contributed by atoms with E-state index in [1.165, 1.54) is 21.6 Å². The molecule has 118 valence electrons. The third kappa shape index (κ3) is 4.31. The topological polar surface area (TPSA) is 0 Å². The Hall–Kier alpha value is -1.90. The molecule has 0 aliphatic heterocycles. The first-order valence-corrected chi connectivity index (χ1v) is 8.97. The first-order valence-electron chi connectivity index (χ1n) is 8.09. The highest BCUT2D eigenvalue weighted by atomic mass is 32.1. The van der Waals surface area contributed by atoms with Crippen molar-refractivity contribution in [3.05, 3.63) is 93.7 Å². The van der Waals surface area contributed by atoms with Gasteiger partial charge in [-0.1, -0.05) is 60.7 Å². The van der Waals surface area contributed by atoms with Crippen LogP contribution in [0.1, 0.15) is 21.6 Å². The molecule has 0 spiro atoms. The molecule has 0 amide bonds. The maximum absolute atomic E-state index is 2.37. The number of thiophene rings is 1. The standard InChI is InChI=1S/C21H24NS/c1-18-9-6-7-12-20(18)16-22(2,17-21-13-8-14-23-21)15-19-10-4-3-5-11-19/h3-14H,15-17H2,1-2H3/q+1. The second-order valence-corrected chi connectivity index (χ2v) is 7.62. The van der Waals surface area contributed by atoms with Gasteiger partial charge in [0.1, 0.15) is 19.6 Å². The molecule has 2 heteroatoms. The molecule has 1 heterocycles. The second-order valence-electron chi connectivity index (χ2n) is 6.59. The predicted octanol–water partition coefficient (Wildman–Crippen LogP) is 5.40. The van der Waals surface area contributed by atoms with Gasteiger partial charge in [-0.05, 0) is 23.9 Å². The minimum Gasteiger partial charge on any atom is -0.314 e. The van der Waals surface area contributed by atoms with Gasteiger partial charge in [0.2, 0.25) is 0 Å². The molecular weight excluding hydrogens is 298 g/mol. The number of hydrogen-bond donors (Lipinski definition) is 0. The summed E-state index contributed by atoms with van der Waals surface area (Å²) in [6.07, 6.45) is 0. The van der Waals surface area contributed by atoms with E-state index in [0.29, 0.717) is 0 Å². The monoisotopic (exact) mass is 322 g/mol. The van der Waals surface area contributed by atoms with Crippen molar-refractivity contribution in [1.82, 2.24) is 0 Å². The Morgan fingerprint density at radius 1 is 0.783 bits per heavy atom. The lowest BCUT2D eigenvalue weighted by atomic mass is 10.1. The van der Waals surface area contributed by atoms with Crippen LogP contribution in [0.4, 0.5) is 0 Å². The van der Waals surface area contributed by atoms with Crippen LogP contribution in [0.2, 0.25) is 0 Å². The fourth-order valence-electron chi connectivity index (χ4n) is 3.17. The number of quaternary nitrogens is 1. The average Bonchev–Trinajstić information content (AvgIpc) is 3.03. The SMILES string of the molecule is Cc1ccccc1C[N+](C)(Cc1ccccc1)Cc1cccs1. The molecule has 0 saturated carbocycles. The van der Waals surface area contributed by atoms with Crippen LogP contribution in [0, 0.1) is 6.92 Å². The number of benzene rings is 2. The summed E-state index contributed by atoms with van der Waals surface area (Å²) >= 11 is 1.86. The normalized spacial score (nSPS) is 13.7. The maximum atomic E-state index is 2.37. The predicted molar refractivity (Wildman–Crippen MR) is 99.2 cm³/mol. The molecule has 1 nitrogen and oxygen atoms in total. The van der Waals surface area contributed by atoms with Gasteiger partial charge in [-0.15, -0.1) is 11.3 Å². The fraction of sp³-hybridized carbons (Fsp3) is 0.238. The van der Waals surface area contributed by atoms with Crippen LogP contribution in [0.15, 0.2) is 72.1 Å². The van der Waals surface area contributed by atoms with E-state index in [9.17, 15) is 0 Å². The Morgan fingerprint density at radius 2 is 1.52 bits per heavy atom. The smallest absolute Gasteiger partial charge is 0.114 e. The minimum atomic E-state index is 0.995. The number of nitrogens with zero attached hydrogens (tertiary/aromatic N) is 1. The van der Waals surface area contributed by atoms with E-state index in [-0.39, 0.29) is 0 Å². The van der Waals surface area contributed by atoms with Crippen LogP contribution in [0.5, 0.6) is 0 Å². The summed E-state index contributed by atoms with van der Waals surface area (Å²) in [5.74, 6) is 0. The molecule has 0 bridgehead atoms. The van der Waals surface area contributed by atoms with Crippen LogP contribution in [0.25, 0.3) is 0 Å². The molecule has 3 rings (SSSR count). The summed E-state index contributed by atoms with van der Waals surface area (Å²) in [4.78, 5) is 1.46. The first-order chi connectivity index (χ1) is 11.1. The van der Waals surface area contributed by atoms with Crippen molar-refractivity contribution in [2.24, 2.45) is 0 Å². The first kappa shape index (κ1) is 16.0. The lowest BCUT2D eigenvalue weighted by Crippen LogP contribution is -2.41. The molecule has 1 aromatic heterocycles. The van der Waals surface area contributed by atoms with E-state index in [4.69, 9.17) is 0 Å². The number of hydrogen-bond acceptors (Lipinski definition) is 1. The molecule has 1 atom stereocenters. The van der Waals surface area contributed by atoms with Crippen LogP contribution >= 0.6 is 11.3 Å². The van der Waals surface area contributed by atoms with Crippen molar-refractivity contribution in [3.63, 3.8) is 0 Å². The number of aryl methyl sites for hydroxylation is 1. The van der Waals surface area contributed by atoms with Crippen molar-refractivity contribution in [3.8, 4) is 0 Å². The molecule has 0 aliphatic carbocycles. The second kappa shape index (κ2) is 7.12. The summed E-state index contributed by atoms with van der Waals surface area (Å²) in [6, 6.07) is 24.0. The molecule has 0 fully saturated rings. The summed E-state index contributed by atoms with van der Waals surface area (Å²) in [7, 11) is 2.37. The van der Waals surface area contributed by atoms with Crippen LogP contribution in [-0.4, -0.2) is 11.5 Å². The van der Waals surface area contributed by atoms with Gasteiger partial charge >= 0.3 is 0 Å². The fourth-order valence-corrected chi connectivity index (χ4v) is 4.04. The van der Waals surface area contributed by atoms with Gasteiger partial charge in [0.15, 0.2) is 0 Å². The van der Waals surface area contributed by atoms with E-state index in [0.717, 1.165) is 24.1 Å². The summed E-state index contributed by atoms with van der Waals surface area (Å²) in [5.41, 5.74) is 4.23. The lowest BCUT2D eigenvalue weighted by molar-refractivity contribution is -0.948. The van der Waals surface area contributed by atoms with Gasteiger partial charge in [-0.25, -0.2) is 0 Å². The van der Waals surface area contributed by atoms with Crippen LogP contribution in [-0.2, 0) is 19.6 Å². The van der Waals surface area contributed by atoms with Gasteiger partial charge in [0, 0.05) is 11.1 Å². The zero-order valence-corrected chi connectivity index (χ0v) is 14.7. The summed E-state index contributed by atoms with van der Waals surface area (Å²) in [5, 5.41) is 2.18. The van der Waals surface area contributed by atoms with Crippen molar-refractivity contribution in [2.45, 2.75) is 26.6 Å². The van der Waals surface area contributed by atoms with Crippen molar-refractivity contribution in [2.75, 3.05) is 7.05 Å². The highest BCUT2D eigenvalue weighted by molar-refractivity contribution is 7.09. The van der Waals surface area contributed by atoms with E-state index in [1.54, 1.807) is 0 Å². The van der Waals surface area contributed by atoms with E-state index in [1.807, 2.05) is 11.3 Å². The molecule has 0 N–H and O–H groups in total. The Morgan fingerprint density at radius 3 is 2.22 bits per heavy atom. The molecule has 3 aromatic rings. The van der Waals surface area contributed by atoms with Crippen LogP contribution < -0.4 is 0 Å². The zero-order valence-electron chi connectivity index (χ0n) is 13.9. The largest absolute Gasteiger partial charge is 0.314 e. The maximum Gasteiger partial charge on any atom is 0.114 e. The summed E-state index contributed by atoms with van der Waals surface area (Å²) < 4.78 is 0.995. The number of rotatable bonds is 6. The van der Waals surface area contributed by atoms with Crippen molar-refractivity contribution in [1.29, 1.82) is 0 Å². The third-order valence-electron chi connectivity index (χ3n) is 4.34. The van der Waals surface area contributed by atoms with Gasteiger partial charge in [-0.3, -0.25) is 0 Å². The Bertz CT molecular complexity index is 734. The van der Waals surface area contributed by atoms with E-state index >= 15 is 0 Å². The highest BCUT2D eigenvalue weighted by Gasteiger charge is 2.24. The van der Waals surface area contributed by atoms with Crippen molar-refractivity contribution < 1.29 is 4.48 Å². The molecule has 0 radical (unpaired) electrons. The third-order valence-corrected chi connectivity index (χ3v) is 5.20. The molecule has 1 unspecified atom stereocenters. The van der Waals surface area contributed by atoms with E-state index < -0.39 is 0 Å². The molecule has 0 saturated heterocycles. The average molecular weight is 322 g/mol. The van der Waals surface area contributed by atoms with Crippen molar-refractivity contribution >= 4 is 11.3 Å². The minimum absolute atomic E-state index is 0.995. The quantitative estimate of drug-likeness (QED) is 0.533. The van der Waals surface area contributed by atoms with Gasteiger partial charge < -0.3 is 4.48 Å². The molecule has 2 aromatic carbocycles.